The molecule has 2 fully saturated rings. The number of rotatable bonds is 10. The van der Waals surface area contributed by atoms with E-state index in [0.717, 1.165) is 87.9 Å². The van der Waals surface area contributed by atoms with E-state index in [-0.39, 0.29) is 35.7 Å². The quantitative estimate of drug-likeness (QED) is 0.115. The van der Waals surface area contributed by atoms with E-state index >= 15 is 0 Å². The number of benzene rings is 3. The Bertz CT molecular complexity index is 2280. The van der Waals surface area contributed by atoms with Crippen LogP contribution in [0.1, 0.15) is 83.5 Å². The molecule has 0 aliphatic carbocycles. The number of carbonyl (C=O) groups is 4. The number of nitrogens with one attached hydrogen (secondary N) is 4. The Morgan fingerprint density at radius 2 is 1.23 bits per heavy atom. The number of amides is 4. The van der Waals surface area contributed by atoms with Gasteiger partial charge in [0, 0.05) is 18.7 Å². The van der Waals surface area contributed by atoms with Gasteiger partial charge in [0.15, 0.2) is 0 Å². The second-order valence-corrected chi connectivity index (χ2v) is 15.8. The van der Waals surface area contributed by atoms with E-state index in [9.17, 15) is 19.2 Å². The molecule has 4 N–H and O–H groups in total. The first-order valence-electron chi connectivity index (χ1n) is 19.8. The summed E-state index contributed by atoms with van der Waals surface area (Å²) in [5, 5.41) is 7.59. The normalized spacial score (nSPS) is 18.2. The smallest absolute Gasteiger partial charge is 0.407 e. The molecule has 2 saturated heterocycles. The highest BCUT2D eigenvalue weighted by atomic mass is 16.5. The summed E-state index contributed by atoms with van der Waals surface area (Å²) in [6, 6.07) is 17.1. The van der Waals surface area contributed by atoms with Crippen LogP contribution in [0.5, 0.6) is 0 Å². The molecule has 14 nitrogen and oxygen atoms in total. The lowest BCUT2D eigenvalue weighted by Crippen LogP contribution is -2.53. The molecule has 0 radical (unpaired) electrons. The standard InChI is InChI=1S/C43H52N8O6/c1-24(2)36(48-42(54)56-5)40(52)50-18-8-7-10-34(50)38-44-23-33(47-38)30-15-14-26-20-27(12-13-28(26)21-30)29-16-17-31-32(22-29)46-39(45-31)35-11-9-19-51(35)41(53)37(25(3)4)49-43(55)57-6/h12-17,20-25,34-37H,7-11,18-19H2,1-6H3,(H,44,47)(H,45,46)(H,48,54)(H,49,55)/t34-,35-,36-,37-/m0/s1. The number of aromatic amines is 2. The molecule has 3 aromatic carbocycles. The van der Waals surface area contributed by atoms with Crippen LogP contribution < -0.4 is 10.6 Å². The van der Waals surface area contributed by atoms with E-state index in [1.54, 1.807) is 0 Å². The molecule has 14 heteroatoms. The van der Waals surface area contributed by atoms with Gasteiger partial charge in [-0.05, 0) is 90.1 Å². The zero-order valence-corrected chi connectivity index (χ0v) is 33.4. The molecule has 0 bridgehead atoms. The third kappa shape index (κ3) is 8.16. The second kappa shape index (κ2) is 16.7. The number of H-pyrrole nitrogens is 2. The number of imidazole rings is 2. The van der Waals surface area contributed by atoms with Crippen LogP contribution >= 0.6 is 0 Å². The molecule has 2 aliphatic heterocycles. The van der Waals surface area contributed by atoms with Crippen LogP contribution in [0.4, 0.5) is 9.59 Å². The molecule has 300 valence electrons. The number of likely N-dealkylation sites (tertiary alicyclic amines) is 2. The Labute approximate surface area is 332 Å². The van der Waals surface area contributed by atoms with Gasteiger partial charge in [0.1, 0.15) is 23.7 Å². The van der Waals surface area contributed by atoms with Gasteiger partial charge in [0.2, 0.25) is 11.8 Å². The molecule has 57 heavy (non-hydrogen) atoms. The Kier molecular flexibility index (Phi) is 11.5. The summed E-state index contributed by atoms with van der Waals surface area (Å²) in [5.41, 5.74) is 5.66. The molecule has 0 saturated carbocycles. The fourth-order valence-corrected chi connectivity index (χ4v) is 8.16. The number of nitrogens with zero attached hydrogens (tertiary/aromatic N) is 4. The number of hydrogen-bond donors (Lipinski definition) is 4. The van der Waals surface area contributed by atoms with E-state index in [1.165, 1.54) is 14.2 Å². The summed E-state index contributed by atoms with van der Waals surface area (Å²) in [7, 11) is 2.59. The van der Waals surface area contributed by atoms with Gasteiger partial charge < -0.3 is 39.9 Å². The first-order valence-corrected chi connectivity index (χ1v) is 19.8. The van der Waals surface area contributed by atoms with E-state index in [4.69, 9.17) is 19.4 Å². The number of carbonyl (C=O) groups excluding carboxylic acids is 4. The summed E-state index contributed by atoms with van der Waals surface area (Å²) < 4.78 is 9.57. The number of methoxy groups -OCH3 is 2. The highest BCUT2D eigenvalue weighted by molar-refractivity contribution is 5.92. The number of aromatic nitrogens is 4. The topological polar surface area (TPSA) is 175 Å². The van der Waals surface area contributed by atoms with Gasteiger partial charge >= 0.3 is 12.2 Å². The zero-order valence-electron chi connectivity index (χ0n) is 33.4. The molecule has 5 aromatic rings. The van der Waals surface area contributed by atoms with Crippen LogP contribution in [0.2, 0.25) is 0 Å². The van der Waals surface area contributed by atoms with Crippen molar-refractivity contribution in [3.63, 3.8) is 0 Å². The summed E-state index contributed by atoms with van der Waals surface area (Å²) in [5.74, 6) is 0.974. The molecule has 2 aromatic heterocycles. The lowest BCUT2D eigenvalue weighted by Gasteiger charge is -2.37. The van der Waals surface area contributed by atoms with Crippen LogP contribution in [-0.2, 0) is 19.1 Å². The number of piperidine rings is 1. The van der Waals surface area contributed by atoms with Crippen LogP contribution in [0.25, 0.3) is 44.2 Å². The Hall–Kier alpha value is -5.92. The molecule has 4 atom stereocenters. The summed E-state index contributed by atoms with van der Waals surface area (Å²) in [4.78, 5) is 71.7. The van der Waals surface area contributed by atoms with Crippen molar-refractivity contribution in [1.82, 2.24) is 40.4 Å². The van der Waals surface area contributed by atoms with E-state index in [2.05, 4.69) is 69.1 Å². The van der Waals surface area contributed by atoms with Gasteiger partial charge in [-0.3, -0.25) is 9.59 Å². The average Bonchev–Trinajstić information content (AvgIpc) is 4.01. The molecular weight excluding hydrogens is 725 g/mol. The maximum absolute atomic E-state index is 13.7. The van der Waals surface area contributed by atoms with Gasteiger partial charge in [-0.15, -0.1) is 0 Å². The lowest BCUT2D eigenvalue weighted by atomic mass is 9.97. The highest BCUT2D eigenvalue weighted by Gasteiger charge is 2.38. The minimum absolute atomic E-state index is 0.109. The van der Waals surface area contributed by atoms with Crippen molar-refractivity contribution in [3.05, 3.63) is 72.4 Å². The SMILES string of the molecule is COC(=O)N[C@H](C(=O)N1CCCC[C@H]1c1ncc(-c2ccc3cc(-c4ccc5nc([C@@H]6CCCN6C(=O)[C@@H](NC(=O)OC)C(C)C)[nH]c5c4)ccc3c2)[nH]1)C(C)C. The van der Waals surface area contributed by atoms with Crippen molar-refractivity contribution in [2.24, 2.45) is 11.8 Å². The maximum Gasteiger partial charge on any atom is 0.407 e. The monoisotopic (exact) mass is 776 g/mol. The first kappa shape index (κ1) is 39.3. The average molecular weight is 777 g/mol. The number of fused-ring (bicyclic) bond motifs is 2. The fraction of sp³-hybridized carbons (Fsp3) is 0.442. The van der Waals surface area contributed by atoms with Crippen molar-refractivity contribution in [3.8, 4) is 22.4 Å². The minimum Gasteiger partial charge on any atom is -0.453 e. The first-order chi connectivity index (χ1) is 27.4. The molecule has 0 spiro atoms. The fourth-order valence-electron chi connectivity index (χ4n) is 8.16. The summed E-state index contributed by atoms with van der Waals surface area (Å²) >= 11 is 0. The van der Waals surface area contributed by atoms with Crippen molar-refractivity contribution >= 4 is 45.8 Å². The summed E-state index contributed by atoms with van der Waals surface area (Å²) in [6.45, 7) is 8.81. The molecule has 7 rings (SSSR count). The van der Waals surface area contributed by atoms with Crippen LogP contribution in [0.3, 0.4) is 0 Å². The third-order valence-corrected chi connectivity index (χ3v) is 11.3. The molecule has 4 amide bonds. The van der Waals surface area contributed by atoms with Crippen LogP contribution in [0.15, 0.2) is 60.8 Å². The second-order valence-electron chi connectivity index (χ2n) is 15.8. The van der Waals surface area contributed by atoms with Gasteiger partial charge in [-0.2, -0.15) is 0 Å². The van der Waals surface area contributed by atoms with Crippen LogP contribution in [-0.4, -0.2) is 93.1 Å². The van der Waals surface area contributed by atoms with Gasteiger partial charge in [-0.1, -0.05) is 58.0 Å². The minimum atomic E-state index is -0.696. The number of alkyl carbamates (subject to hydrolysis) is 2. The zero-order chi connectivity index (χ0) is 40.4. The van der Waals surface area contributed by atoms with Crippen molar-refractivity contribution in [1.29, 1.82) is 0 Å². The number of hydrogen-bond acceptors (Lipinski definition) is 8. The predicted molar refractivity (Wildman–Crippen MR) is 217 cm³/mol. The van der Waals surface area contributed by atoms with Gasteiger partial charge in [0.05, 0.1) is 49.2 Å². The molecule has 0 unspecified atom stereocenters. The van der Waals surface area contributed by atoms with Gasteiger partial charge in [0.25, 0.3) is 0 Å². The Balaban J connectivity index is 1.08. The Morgan fingerprint density at radius 1 is 0.684 bits per heavy atom. The molecular formula is C43H52N8O6. The van der Waals surface area contributed by atoms with Crippen molar-refractivity contribution in [2.75, 3.05) is 27.3 Å². The summed E-state index contributed by atoms with van der Waals surface area (Å²) in [6.07, 6.45) is 4.85. The van der Waals surface area contributed by atoms with Crippen molar-refractivity contribution in [2.45, 2.75) is 84.0 Å². The maximum atomic E-state index is 13.7. The predicted octanol–water partition coefficient (Wildman–Crippen LogP) is 7.25. The van der Waals surface area contributed by atoms with E-state index < -0.39 is 24.3 Å². The third-order valence-electron chi connectivity index (χ3n) is 11.3. The lowest BCUT2D eigenvalue weighted by molar-refractivity contribution is -0.138. The Morgan fingerprint density at radius 3 is 1.86 bits per heavy atom. The van der Waals surface area contributed by atoms with Crippen LogP contribution in [0, 0.1) is 11.8 Å². The molecule has 4 heterocycles. The van der Waals surface area contributed by atoms with E-state index in [1.807, 2.05) is 49.8 Å². The van der Waals surface area contributed by atoms with E-state index in [0.29, 0.717) is 13.1 Å². The highest BCUT2D eigenvalue weighted by Crippen LogP contribution is 2.36. The van der Waals surface area contributed by atoms with Crippen molar-refractivity contribution < 1.29 is 28.7 Å². The number of ether oxygens (including phenoxy) is 2. The van der Waals surface area contributed by atoms with Gasteiger partial charge in [-0.25, -0.2) is 19.6 Å². The molecule has 2 aliphatic rings. The largest absolute Gasteiger partial charge is 0.453 e.